The van der Waals surface area contributed by atoms with Gasteiger partial charge in [-0.1, -0.05) is 35.5 Å². The molecule has 1 fully saturated rings. The molecular weight excluding hydrogens is 576 g/mol. The minimum absolute atomic E-state index is 0.0693. The summed E-state index contributed by atoms with van der Waals surface area (Å²) in [7, 11) is 0. The fraction of sp³-hybridized carbons (Fsp3) is 0.0968. The van der Waals surface area contributed by atoms with Crippen molar-refractivity contribution in [1.82, 2.24) is 10.3 Å². The number of rotatable bonds is 7. The molecule has 3 heterocycles. The van der Waals surface area contributed by atoms with E-state index in [1.807, 2.05) is 79.7 Å². The van der Waals surface area contributed by atoms with Gasteiger partial charge in [-0.25, -0.2) is 0 Å². The summed E-state index contributed by atoms with van der Waals surface area (Å²) in [6.07, 6.45) is 1.77. The number of nitro benzene ring substituents is 1. The van der Waals surface area contributed by atoms with E-state index in [1.54, 1.807) is 18.3 Å². The molecule has 3 aromatic carbocycles. The fourth-order valence-corrected chi connectivity index (χ4v) is 6.22. The van der Waals surface area contributed by atoms with E-state index in [1.165, 1.54) is 23.9 Å². The molecule has 0 bridgehead atoms. The van der Waals surface area contributed by atoms with E-state index in [0.717, 1.165) is 43.8 Å². The van der Waals surface area contributed by atoms with Gasteiger partial charge in [-0.05, 0) is 97.5 Å². The van der Waals surface area contributed by atoms with Crippen LogP contribution in [0.3, 0.4) is 0 Å². The van der Waals surface area contributed by atoms with Crippen LogP contribution in [-0.2, 0) is 0 Å². The third-order valence-corrected chi connectivity index (χ3v) is 8.44. The average molecular weight is 599 g/mol. The molecule has 0 aliphatic carbocycles. The van der Waals surface area contributed by atoms with Crippen molar-refractivity contribution in [3.05, 3.63) is 135 Å². The number of benzene rings is 3. The molecule has 1 saturated heterocycles. The van der Waals surface area contributed by atoms with Gasteiger partial charge in [-0.15, -0.1) is 0 Å². The summed E-state index contributed by atoms with van der Waals surface area (Å²) in [5.41, 5.74) is 3.82. The molecule has 2 aromatic heterocycles. The van der Waals surface area contributed by atoms with Crippen molar-refractivity contribution in [1.29, 1.82) is 0 Å². The van der Waals surface area contributed by atoms with Crippen LogP contribution in [0.4, 0.5) is 11.4 Å². The van der Waals surface area contributed by atoms with Gasteiger partial charge in [-0.2, -0.15) is 0 Å². The number of thiocarbonyl (C=S) groups is 1. The Morgan fingerprint density at radius 1 is 1.00 bits per heavy atom. The minimum atomic E-state index is -0.400. The first-order chi connectivity index (χ1) is 19.9. The zero-order chi connectivity index (χ0) is 28.5. The summed E-state index contributed by atoms with van der Waals surface area (Å²) >= 11 is 13.7. The van der Waals surface area contributed by atoms with Gasteiger partial charge in [-0.3, -0.25) is 15.1 Å². The number of halogens is 1. The first kappa shape index (κ1) is 27.0. The normalized spacial score (nSPS) is 16.5. The molecule has 0 amide bonds. The number of anilines is 1. The van der Waals surface area contributed by atoms with E-state index < -0.39 is 4.92 Å². The molecule has 1 aliphatic heterocycles. The lowest BCUT2D eigenvalue weighted by Crippen LogP contribution is -2.29. The summed E-state index contributed by atoms with van der Waals surface area (Å²) in [6.45, 7) is 2.03. The molecule has 10 heteroatoms. The smallest absolute Gasteiger partial charge is 0.269 e. The third kappa shape index (κ3) is 5.56. The highest BCUT2D eigenvalue weighted by Crippen LogP contribution is 2.44. The van der Waals surface area contributed by atoms with Crippen molar-refractivity contribution in [2.24, 2.45) is 0 Å². The number of aryl methyl sites for hydroxylation is 1. The monoisotopic (exact) mass is 598 g/mol. The van der Waals surface area contributed by atoms with Crippen LogP contribution < -0.4 is 10.2 Å². The Morgan fingerprint density at radius 3 is 2.41 bits per heavy atom. The van der Waals surface area contributed by atoms with Crippen molar-refractivity contribution in [3.63, 3.8) is 0 Å². The van der Waals surface area contributed by atoms with Crippen LogP contribution in [-0.4, -0.2) is 15.0 Å². The number of pyridine rings is 1. The molecular formula is C31H23ClN4O3S2. The van der Waals surface area contributed by atoms with Gasteiger partial charge in [0, 0.05) is 44.4 Å². The van der Waals surface area contributed by atoms with E-state index in [9.17, 15) is 10.1 Å². The highest BCUT2D eigenvalue weighted by molar-refractivity contribution is 7.99. The standard InChI is InChI=1S/C31H23ClN4O3S2/c1-19-5-6-20(32)18-25(19)27-15-16-28(39-27)30-29(26-4-2-3-17-33-26)34-31(40)35(30)21-7-11-23(12-8-21)41-24-13-9-22(10-14-24)36(37)38/h2-18,29-30H,1H3,(H,34,40)/t29-,30+/m1/s1. The van der Waals surface area contributed by atoms with Crippen LogP contribution in [0.5, 0.6) is 0 Å². The Bertz CT molecular complexity index is 1730. The van der Waals surface area contributed by atoms with Gasteiger partial charge >= 0.3 is 0 Å². The second-order valence-corrected chi connectivity index (χ2v) is 11.5. The van der Waals surface area contributed by atoms with Crippen molar-refractivity contribution < 1.29 is 9.34 Å². The maximum absolute atomic E-state index is 11.0. The Hall–Kier alpha value is -4.18. The highest BCUT2D eigenvalue weighted by Gasteiger charge is 2.42. The predicted octanol–water partition coefficient (Wildman–Crippen LogP) is 8.54. The number of nitrogens with zero attached hydrogens (tertiary/aromatic N) is 3. The molecule has 2 atom stereocenters. The largest absolute Gasteiger partial charge is 0.459 e. The zero-order valence-corrected chi connectivity index (χ0v) is 24.1. The Labute approximate surface area is 251 Å². The molecule has 1 N–H and O–H groups in total. The predicted molar refractivity (Wildman–Crippen MR) is 165 cm³/mol. The summed E-state index contributed by atoms with van der Waals surface area (Å²) in [5.74, 6) is 1.47. The maximum atomic E-state index is 11.0. The number of hydrogen-bond donors (Lipinski definition) is 1. The molecule has 1 aliphatic rings. The third-order valence-electron chi connectivity index (χ3n) is 6.88. The second-order valence-electron chi connectivity index (χ2n) is 9.50. The first-order valence-corrected chi connectivity index (χ1v) is 14.4. The molecule has 0 spiro atoms. The van der Waals surface area contributed by atoms with Gasteiger partial charge in [0.15, 0.2) is 5.11 Å². The van der Waals surface area contributed by atoms with Gasteiger partial charge in [0.1, 0.15) is 17.6 Å². The van der Waals surface area contributed by atoms with E-state index in [4.69, 9.17) is 28.2 Å². The minimum Gasteiger partial charge on any atom is -0.459 e. The van der Waals surface area contributed by atoms with E-state index in [0.29, 0.717) is 10.1 Å². The SMILES string of the molecule is Cc1ccc(Cl)cc1-c1ccc([C@H]2[C@@H](c3ccccn3)NC(=S)N2c2ccc(Sc3ccc([N+](=O)[O-])cc3)cc2)o1. The lowest BCUT2D eigenvalue weighted by Gasteiger charge is -2.26. The summed E-state index contributed by atoms with van der Waals surface area (Å²) in [6, 6.07) is 29.6. The first-order valence-electron chi connectivity index (χ1n) is 12.8. The van der Waals surface area contributed by atoms with Crippen molar-refractivity contribution >= 4 is 52.1 Å². The summed E-state index contributed by atoms with van der Waals surface area (Å²) in [4.78, 5) is 19.1. The van der Waals surface area contributed by atoms with Crippen LogP contribution in [0.1, 0.15) is 29.1 Å². The van der Waals surface area contributed by atoms with Crippen LogP contribution >= 0.6 is 35.6 Å². The lowest BCUT2D eigenvalue weighted by atomic mass is 10.0. The van der Waals surface area contributed by atoms with Crippen LogP contribution in [0.15, 0.2) is 117 Å². The number of non-ortho nitro benzene ring substituents is 1. The fourth-order valence-electron chi connectivity index (χ4n) is 4.88. The highest BCUT2D eigenvalue weighted by atomic mass is 35.5. The Balaban J connectivity index is 1.33. The molecule has 5 aromatic rings. The van der Waals surface area contributed by atoms with Crippen LogP contribution in [0.2, 0.25) is 5.02 Å². The topological polar surface area (TPSA) is 84.4 Å². The summed E-state index contributed by atoms with van der Waals surface area (Å²) < 4.78 is 6.49. The van der Waals surface area contributed by atoms with Gasteiger partial charge in [0.25, 0.3) is 5.69 Å². The Kier molecular flexibility index (Phi) is 7.49. The molecule has 0 radical (unpaired) electrons. The number of furan rings is 1. The van der Waals surface area contributed by atoms with Crippen molar-refractivity contribution in [2.75, 3.05) is 4.90 Å². The van der Waals surface area contributed by atoms with Crippen molar-refractivity contribution in [3.8, 4) is 11.3 Å². The zero-order valence-electron chi connectivity index (χ0n) is 21.7. The number of nitrogens with one attached hydrogen (secondary N) is 1. The molecule has 0 unspecified atom stereocenters. The molecule has 41 heavy (non-hydrogen) atoms. The van der Waals surface area contributed by atoms with Crippen molar-refractivity contribution in [2.45, 2.75) is 28.8 Å². The average Bonchev–Trinajstić information content (AvgIpc) is 3.60. The van der Waals surface area contributed by atoms with Gasteiger partial charge in [0.05, 0.1) is 16.7 Å². The molecule has 204 valence electrons. The molecule has 7 nitrogen and oxygen atoms in total. The molecule has 0 saturated carbocycles. The number of hydrogen-bond acceptors (Lipinski definition) is 6. The maximum Gasteiger partial charge on any atom is 0.269 e. The van der Waals surface area contributed by atoms with Crippen LogP contribution in [0.25, 0.3) is 11.3 Å². The summed E-state index contributed by atoms with van der Waals surface area (Å²) in [5, 5.41) is 15.6. The number of aromatic nitrogens is 1. The van der Waals surface area contributed by atoms with E-state index in [2.05, 4.69) is 15.2 Å². The van der Waals surface area contributed by atoms with Gasteiger partial charge in [0.2, 0.25) is 0 Å². The second kappa shape index (κ2) is 11.4. The van der Waals surface area contributed by atoms with Gasteiger partial charge < -0.3 is 14.6 Å². The lowest BCUT2D eigenvalue weighted by molar-refractivity contribution is -0.384. The van der Waals surface area contributed by atoms with E-state index >= 15 is 0 Å². The Morgan fingerprint density at radius 2 is 1.73 bits per heavy atom. The quantitative estimate of drug-likeness (QED) is 0.113. The van der Waals surface area contributed by atoms with Crippen LogP contribution in [0, 0.1) is 17.0 Å². The number of nitro groups is 1. The molecule has 6 rings (SSSR count). The van der Waals surface area contributed by atoms with E-state index in [-0.39, 0.29) is 17.8 Å².